The summed E-state index contributed by atoms with van der Waals surface area (Å²) in [6.45, 7) is 0. The summed E-state index contributed by atoms with van der Waals surface area (Å²) in [5, 5.41) is 15.5. The van der Waals surface area contributed by atoms with E-state index in [-0.39, 0.29) is 11.7 Å². The van der Waals surface area contributed by atoms with E-state index in [1.54, 1.807) is 18.2 Å². The van der Waals surface area contributed by atoms with E-state index < -0.39 is 5.54 Å². The second-order valence-electron chi connectivity index (χ2n) is 3.86. The van der Waals surface area contributed by atoms with Crippen molar-refractivity contribution in [1.29, 1.82) is 0 Å². The van der Waals surface area contributed by atoms with Crippen LogP contribution in [0.4, 0.5) is 11.4 Å². The quantitative estimate of drug-likeness (QED) is 0.540. The number of nitrogens with one attached hydrogen (secondary N) is 2. The van der Waals surface area contributed by atoms with Gasteiger partial charge in [-0.2, -0.15) is 0 Å². The number of carbonyl (C=O) groups is 1. The van der Waals surface area contributed by atoms with Crippen molar-refractivity contribution in [2.45, 2.75) is 18.4 Å². The van der Waals surface area contributed by atoms with Gasteiger partial charge in [-0.05, 0) is 25.0 Å². The Kier molecular flexibility index (Phi) is 1.21. The molecule has 1 saturated carbocycles. The molecule has 4 nitrogen and oxygen atoms in total. The Balaban J connectivity index is 2.11. The number of aromatic hydroxyl groups is 1. The average molecular weight is 190 g/mol. The molecule has 3 N–H and O–H groups in total. The summed E-state index contributed by atoms with van der Waals surface area (Å²) in [6.07, 6.45) is 1.68. The molecule has 0 saturated heterocycles. The number of anilines is 2. The Hall–Kier alpha value is -1.71. The number of hydrogen-bond acceptors (Lipinski definition) is 3. The summed E-state index contributed by atoms with van der Waals surface area (Å²) in [4.78, 5) is 11.6. The molecule has 2 aliphatic rings. The van der Waals surface area contributed by atoms with Gasteiger partial charge in [0.25, 0.3) is 0 Å². The summed E-state index contributed by atoms with van der Waals surface area (Å²) >= 11 is 0. The highest BCUT2D eigenvalue weighted by atomic mass is 16.3. The highest BCUT2D eigenvalue weighted by Crippen LogP contribution is 2.47. The van der Waals surface area contributed by atoms with Crippen LogP contribution in [-0.4, -0.2) is 16.6 Å². The van der Waals surface area contributed by atoms with Gasteiger partial charge in [0.15, 0.2) is 0 Å². The minimum absolute atomic E-state index is 0.00981. The molecular weight excluding hydrogens is 180 g/mol. The molecule has 1 aliphatic carbocycles. The Bertz CT molecular complexity index is 424. The molecule has 14 heavy (non-hydrogen) atoms. The number of amides is 1. The first-order valence-corrected chi connectivity index (χ1v) is 4.63. The summed E-state index contributed by atoms with van der Waals surface area (Å²) in [6, 6.07) is 5.09. The SMILES string of the molecule is O=C1Nc2cccc(O)c2NC12CC2. The maximum atomic E-state index is 11.6. The molecule has 0 unspecified atom stereocenters. The van der Waals surface area contributed by atoms with E-state index in [2.05, 4.69) is 10.6 Å². The third-order valence-electron chi connectivity index (χ3n) is 2.84. The highest BCUT2D eigenvalue weighted by molar-refractivity contribution is 6.08. The van der Waals surface area contributed by atoms with Gasteiger partial charge in [-0.1, -0.05) is 6.07 Å². The van der Waals surface area contributed by atoms with Crippen LogP contribution in [0.15, 0.2) is 18.2 Å². The molecule has 1 aliphatic heterocycles. The number of rotatable bonds is 0. The summed E-state index contributed by atoms with van der Waals surface area (Å²) in [5.74, 6) is 0.198. The molecule has 1 spiro atoms. The molecule has 4 heteroatoms. The Morgan fingerprint density at radius 2 is 2.14 bits per heavy atom. The number of phenols is 1. The maximum Gasteiger partial charge on any atom is 0.250 e. The average Bonchev–Trinajstić information content (AvgIpc) is 2.91. The molecule has 0 radical (unpaired) electrons. The molecule has 0 bridgehead atoms. The van der Waals surface area contributed by atoms with Crippen LogP contribution < -0.4 is 10.6 Å². The van der Waals surface area contributed by atoms with E-state index in [0.29, 0.717) is 11.4 Å². The molecule has 1 heterocycles. The van der Waals surface area contributed by atoms with Crippen molar-refractivity contribution < 1.29 is 9.90 Å². The van der Waals surface area contributed by atoms with Crippen LogP contribution in [0.1, 0.15) is 12.8 Å². The van der Waals surface area contributed by atoms with Gasteiger partial charge >= 0.3 is 0 Å². The zero-order chi connectivity index (χ0) is 9.76. The zero-order valence-corrected chi connectivity index (χ0v) is 7.50. The fraction of sp³-hybridized carbons (Fsp3) is 0.300. The van der Waals surface area contributed by atoms with E-state index in [0.717, 1.165) is 12.8 Å². The van der Waals surface area contributed by atoms with Crippen LogP contribution in [0.25, 0.3) is 0 Å². The first-order valence-electron chi connectivity index (χ1n) is 4.63. The minimum Gasteiger partial charge on any atom is -0.506 e. The second kappa shape index (κ2) is 2.20. The van der Waals surface area contributed by atoms with Gasteiger partial charge in [-0.15, -0.1) is 0 Å². The van der Waals surface area contributed by atoms with Gasteiger partial charge in [0.05, 0.1) is 5.69 Å². The monoisotopic (exact) mass is 190 g/mol. The van der Waals surface area contributed by atoms with Crippen LogP contribution >= 0.6 is 0 Å². The molecule has 0 atom stereocenters. The fourth-order valence-corrected chi connectivity index (χ4v) is 1.79. The van der Waals surface area contributed by atoms with Crippen molar-refractivity contribution in [1.82, 2.24) is 0 Å². The maximum absolute atomic E-state index is 11.6. The van der Waals surface area contributed by atoms with E-state index in [9.17, 15) is 9.90 Å². The number of hydrogen-bond donors (Lipinski definition) is 3. The van der Waals surface area contributed by atoms with Crippen LogP contribution in [-0.2, 0) is 4.79 Å². The van der Waals surface area contributed by atoms with Crippen LogP contribution in [0.2, 0.25) is 0 Å². The number of phenolic OH excluding ortho intramolecular Hbond substituents is 1. The lowest BCUT2D eigenvalue weighted by molar-refractivity contribution is -0.117. The number of fused-ring (bicyclic) bond motifs is 1. The first-order chi connectivity index (χ1) is 6.71. The Morgan fingerprint density at radius 1 is 1.36 bits per heavy atom. The second-order valence-corrected chi connectivity index (χ2v) is 3.86. The minimum atomic E-state index is -0.439. The third-order valence-corrected chi connectivity index (χ3v) is 2.84. The third kappa shape index (κ3) is 0.852. The van der Waals surface area contributed by atoms with Gasteiger partial charge in [0.2, 0.25) is 5.91 Å². The smallest absolute Gasteiger partial charge is 0.250 e. The standard InChI is InChI=1S/C10H10N2O2/c13-7-3-1-2-6-8(7)12-10(4-5-10)9(14)11-6/h1-3,12-13H,4-5H2,(H,11,14). The van der Waals surface area contributed by atoms with Crippen molar-refractivity contribution >= 4 is 17.3 Å². The molecule has 0 aromatic heterocycles. The number of para-hydroxylation sites is 1. The topological polar surface area (TPSA) is 61.4 Å². The lowest BCUT2D eigenvalue weighted by Gasteiger charge is -2.27. The van der Waals surface area contributed by atoms with Crippen molar-refractivity contribution in [3.05, 3.63) is 18.2 Å². The molecule has 1 amide bonds. The fourth-order valence-electron chi connectivity index (χ4n) is 1.79. The summed E-state index contributed by atoms with van der Waals surface area (Å²) < 4.78 is 0. The van der Waals surface area contributed by atoms with Gasteiger partial charge in [0, 0.05) is 0 Å². The lowest BCUT2D eigenvalue weighted by Crippen LogP contribution is -2.40. The van der Waals surface area contributed by atoms with Gasteiger partial charge < -0.3 is 15.7 Å². The number of carbonyl (C=O) groups excluding carboxylic acids is 1. The summed E-state index contributed by atoms with van der Waals surface area (Å²) in [7, 11) is 0. The summed E-state index contributed by atoms with van der Waals surface area (Å²) in [5.41, 5.74) is 0.864. The molecule has 3 rings (SSSR count). The molecule has 1 fully saturated rings. The largest absolute Gasteiger partial charge is 0.506 e. The lowest BCUT2D eigenvalue weighted by atomic mass is 10.1. The molecular formula is C10H10N2O2. The molecule has 1 aromatic carbocycles. The Morgan fingerprint density at radius 3 is 2.86 bits per heavy atom. The van der Waals surface area contributed by atoms with E-state index >= 15 is 0 Å². The van der Waals surface area contributed by atoms with Gasteiger partial charge in [-0.3, -0.25) is 4.79 Å². The molecule has 72 valence electrons. The van der Waals surface area contributed by atoms with Crippen molar-refractivity contribution in [2.24, 2.45) is 0 Å². The van der Waals surface area contributed by atoms with Crippen molar-refractivity contribution in [3.8, 4) is 5.75 Å². The number of benzene rings is 1. The van der Waals surface area contributed by atoms with E-state index in [4.69, 9.17) is 0 Å². The van der Waals surface area contributed by atoms with E-state index in [1.165, 1.54) is 0 Å². The van der Waals surface area contributed by atoms with Gasteiger partial charge in [0.1, 0.15) is 17.0 Å². The van der Waals surface area contributed by atoms with Crippen LogP contribution in [0, 0.1) is 0 Å². The Labute approximate surface area is 80.9 Å². The van der Waals surface area contributed by atoms with Gasteiger partial charge in [-0.25, -0.2) is 0 Å². The van der Waals surface area contributed by atoms with Crippen LogP contribution in [0.5, 0.6) is 5.75 Å². The highest BCUT2D eigenvalue weighted by Gasteiger charge is 2.52. The first kappa shape index (κ1) is 7.67. The predicted octanol–water partition coefficient (Wildman–Crippen LogP) is 1.29. The molecule has 1 aromatic rings. The zero-order valence-electron chi connectivity index (χ0n) is 7.50. The van der Waals surface area contributed by atoms with E-state index in [1.807, 2.05) is 0 Å². The van der Waals surface area contributed by atoms with Crippen LogP contribution in [0.3, 0.4) is 0 Å². The van der Waals surface area contributed by atoms with Crippen molar-refractivity contribution in [3.63, 3.8) is 0 Å². The normalized spacial score (nSPS) is 21.0. The predicted molar refractivity (Wildman–Crippen MR) is 52.3 cm³/mol. The van der Waals surface area contributed by atoms with Crippen molar-refractivity contribution in [2.75, 3.05) is 10.6 Å².